The number of aryl methyl sites for hydroxylation is 1. The van der Waals surface area contributed by atoms with E-state index in [9.17, 15) is 18.3 Å². The van der Waals surface area contributed by atoms with Crippen molar-refractivity contribution >= 4 is 0 Å². The number of hydrogen-bond acceptors (Lipinski definition) is 5. The molecule has 2 atom stereocenters. The highest BCUT2D eigenvalue weighted by molar-refractivity contribution is 5.09. The maximum absolute atomic E-state index is 12.8. The zero-order chi connectivity index (χ0) is 19.4. The number of aromatic nitrogens is 2. The molecule has 1 aromatic rings. The summed E-state index contributed by atoms with van der Waals surface area (Å²) in [5, 5.41) is 10.2. The van der Waals surface area contributed by atoms with Crippen LogP contribution in [0.25, 0.3) is 0 Å². The molecule has 6 nitrogen and oxygen atoms in total. The molecule has 2 aliphatic heterocycles. The van der Waals surface area contributed by atoms with Gasteiger partial charge in [0.05, 0.1) is 18.8 Å². The van der Waals surface area contributed by atoms with Crippen molar-refractivity contribution in [1.29, 1.82) is 0 Å². The molecule has 0 bridgehead atoms. The van der Waals surface area contributed by atoms with Gasteiger partial charge in [-0.2, -0.15) is 13.2 Å². The lowest BCUT2D eigenvalue weighted by atomic mass is 9.99. The van der Waals surface area contributed by atoms with E-state index in [1.54, 1.807) is 4.57 Å². The number of rotatable bonds is 7. The Hall–Kier alpha value is -1.16. The number of alkyl halides is 3. The van der Waals surface area contributed by atoms with Crippen molar-refractivity contribution in [2.75, 3.05) is 40.0 Å². The van der Waals surface area contributed by atoms with Crippen LogP contribution in [-0.4, -0.2) is 71.7 Å². The van der Waals surface area contributed by atoms with Crippen LogP contribution in [0.1, 0.15) is 30.8 Å². The van der Waals surface area contributed by atoms with Gasteiger partial charge in [0.2, 0.25) is 0 Å². The molecule has 0 amide bonds. The molecule has 1 N–H and O–H groups in total. The molecule has 154 valence electrons. The summed E-state index contributed by atoms with van der Waals surface area (Å²) in [7, 11) is 1.92. The summed E-state index contributed by atoms with van der Waals surface area (Å²) < 4.78 is 51.0. The second kappa shape index (κ2) is 8.89. The Kier molecular flexibility index (Phi) is 6.78. The monoisotopic (exact) mass is 391 g/mol. The first-order valence-corrected chi connectivity index (χ1v) is 9.50. The van der Waals surface area contributed by atoms with Gasteiger partial charge in [0.1, 0.15) is 5.82 Å². The van der Waals surface area contributed by atoms with E-state index in [0.29, 0.717) is 51.7 Å². The van der Waals surface area contributed by atoms with Gasteiger partial charge in [-0.15, -0.1) is 0 Å². The van der Waals surface area contributed by atoms with Crippen LogP contribution in [0.4, 0.5) is 13.2 Å². The molecule has 0 aromatic carbocycles. The summed E-state index contributed by atoms with van der Waals surface area (Å²) in [6.07, 6.45) is -0.655. The fourth-order valence-electron chi connectivity index (χ4n) is 3.82. The topological polar surface area (TPSA) is 59.8 Å². The molecule has 1 saturated heterocycles. The Bertz CT molecular complexity index is 602. The molecule has 2 aliphatic rings. The van der Waals surface area contributed by atoms with Gasteiger partial charge in [0.25, 0.3) is 0 Å². The molecule has 9 heteroatoms. The van der Waals surface area contributed by atoms with E-state index in [4.69, 9.17) is 9.47 Å². The highest BCUT2D eigenvalue weighted by Crippen LogP contribution is 2.30. The van der Waals surface area contributed by atoms with Crippen LogP contribution in [0.3, 0.4) is 0 Å². The smallest absolute Gasteiger partial charge is 0.389 e. The fourth-order valence-corrected chi connectivity index (χ4v) is 3.82. The number of nitrogens with zero attached hydrogens (tertiary/aromatic N) is 3. The van der Waals surface area contributed by atoms with E-state index >= 15 is 0 Å². The van der Waals surface area contributed by atoms with E-state index < -0.39 is 18.0 Å². The maximum atomic E-state index is 12.8. The van der Waals surface area contributed by atoms with Crippen LogP contribution in [0.2, 0.25) is 0 Å². The van der Waals surface area contributed by atoms with Crippen molar-refractivity contribution < 1.29 is 27.8 Å². The van der Waals surface area contributed by atoms with Gasteiger partial charge < -0.3 is 24.0 Å². The molecule has 27 heavy (non-hydrogen) atoms. The zero-order valence-electron chi connectivity index (χ0n) is 15.6. The molecular formula is C18H28F3N3O3. The first-order chi connectivity index (χ1) is 12.8. The number of imidazole rings is 1. The van der Waals surface area contributed by atoms with Crippen molar-refractivity contribution in [2.24, 2.45) is 5.92 Å². The zero-order valence-corrected chi connectivity index (χ0v) is 15.6. The van der Waals surface area contributed by atoms with Crippen LogP contribution < -0.4 is 0 Å². The summed E-state index contributed by atoms with van der Waals surface area (Å²) in [6.45, 7) is 3.42. The highest BCUT2D eigenvalue weighted by atomic mass is 19.4. The molecule has 0 radical (unpaired) electrons. The third kappa shape index (κ3) is 5.91. The van der Waals surface area contributed by atoms with E-state index in [0.717, 1.165) is 25.5 Å². The van der Waals surface area contributed by atoms with E-state index in [1.807, 2.05) is 11.9 Å². The number of aliphatic hydroxyl groups is 1. The Morgan fingerprint density at radius 3 is 2.81 bits per heavy atom. The van der Waals surface area contributed by atoms with Gasteiger partial charge in [-0.1, -0.05) is 0 Å². The van der Waals surface area contributed by atoms with E-state index in [2.05, 4.69) is 4.98 Å². The number of aliphatic hydroxyl groups excluding tert-OH is 1. The predicted octanol–water partition coefficient (Wildman–Crippen LogP) is 1.95. The SMILES string of the molecule is CN(C[C@@H](O)COC1CCOCC1)C[C@H]1CCc2nc(C(F)(F)F)cn2C1. The van der Waals surface area contributed by atoms with Crippen LogP contribution >= 0.6 is 0 Å². The van der Waals surface area contributed by atoms with Crippen LogP contribution in [0.15, 0.2) is 6.20 Å². The molecule has 3 heterocycles. The van der Waals surface area contributed by atoms with Gasteiger partial charge >= 0.3 is 6.18 Å². The Morgan fingerprint density at radius 2 is 2.11 bits per heavy atom. The summed E-state index contributed by atoms with van der Waals surface area (Å²) >= 11 is 0. The Morgan fingerprint density at radius 1 is 1.37 bits per heavy atom. The van der Waals surface area contributed by atoms with Crippen molar-refractivity contribution in [3.8, 4) is 0 Å². The molecule has 0 unspecified atom stereocenters. The normalized spacial score (nSPS) is 22.8. The van der Waals surface area contributed by atoms with Gasteiger partial charge in [-0.3, -0.25) is 0 Å². The molecule has 0 spiro atoms. The predicted molar refractivity (Wildman–Crippen MR) is 92.3 cm³/mol. The van der Waals surface area contributed by atoms with Crippen molar-refractivity contribution in [3.63, 3.8) is 0 Å². The molecular weight excluding hydrogens is 363 g/mol. The maximum Gasteiger partial charge on any atom is 0.434 e. The number of fused-ring (bicyclic) bond motifs is 1. The van der Waals surface area contributed by atoms with Crippen LogP contribution in [-0.2, 0) is 28.6 Å². The average Bonchev–Trinajstić information content (AvgIpc) is 3.04. The van der Waals surface area contributed by atoms with E-state index in [1.165, 1.54) is 0 Å². The lowest BCUT2D eigenvalue weighted by molar-refractivity contribution is -0.141. The minimum absolute atomic E-state index is 0.152. The van der Waals surface area contributed by atoms with Crippen molar-refractivity contribution in [3.05, 3.63) is 17.7 Å². The van der Waals surface area contributed by atoms with Gasteiger partial charge in [-0.25, -0.2) is 4.98 Å². The first kappa shape index (κ1) is 20.6. The molecule has 0 aliphatic carbocycles. The quantitative estimate of drug-likeness (QED) is 0.770. The van der Waals surface area contributed by atoms with Gasteiger partial charge in [0.15, 0.2) is 5.69 Å². The minimum Gasteiger partial charge on any atom is -0.389 e. The summed E-state index contributed by atoms with van der Waals surface area (Å²) in [6, 6.07) is 0. The van der Waals surface area contributed by atoms with Crippen molar-refractivity contribution in [1.82, 2.24) is 14.5 Å². The van der Waals surface area contributed by atoms with Gasteiger partial charge in [-0.05, 0) is 32.2 Å². The second-order valence-corrected chi connectivity index (χ2v) is 7.62. The molecule has 1 fully saturated rings. The standard InChI is InChI=1S/C18H28F3N3O3/c1-23(10-14(25)12-27-15-4-6-26-7-5-15)8-13-2-3-17-22-16(18(19,20)21)11-24(17)9-13/h11,13-15,25H,2-10,12H2,1H3/t13-,14-/m1/s1. The molecule has 3 rings (SSSR count). The summed E-state index contributed by atoms with van der Waals surface area (Å²) in [5.74, 6) is 0.743. The third-order valence-corrected chi connectivity index (χ3v) is 5.17. The van der Waals surface area contributed by atoms with Crippen LogP contribution in [0, 0.1) is 5.92 Å². The number of ether oxygens (including phenoxy) is 2. The minimum atomic E-state index is -4.40. The van der Waals surface area contributed by atoms with E-state index in [-0.39, 0.29) is 12.0 Å². The lowest BCUT2D eigenvalue weighted by Gasteiger charge is -2.29. The largest absolute Gasteiger partial charge is 0.434 e. The van der Waals surface area contributed by atoms with Gasteiger partial charge in [0, 0.05) is 45.5 Å². The number of likely N-dealkylation sites (N-methyl/N-ethyl adjacent to an activating group) is 1. The highest BCUT2D eigenvalue weighted by Gasteiger charge is 2.35. The molecule has 1 aromatic heterocycles. The summed E-state index contributed by atoms with van der Waals surface area (Å²) in [4.78, 5) is 5.73. The molecule has 0 saturated carbocycles. The van der Waals surface area contributed by atoms with Crippen molar-refractivity contribution in [2.45, 2.75) is 50.6 Å². The average molecular weight is 391 g/mol. The third-order valence-electron chi connectivity index (χ3n) is 5.17. The fraction of sp³-hybridized carbons (Fsp3) is 0.833. The Labute approximate surface area is 157 Å². The van der Waals surface area contributed by atoms with Crippen LogP contribution in [0.5, 0.6) is 0 Å². The summed E-state index contributed by atoms with van der Waals surface area (Å²) in [5.41, 5.74) is -0.813. The number of halogens is 3. The second-order valence-electron chi connectivity index (χ2n) is 7.62. The first-order valence-electron chi connectivity index (χ1n) is 9.50. The lowest BCUT2D eigenvalue weighted by Crippen LogP contribution is -2.38. The number of hydrogen-bond donors (Lipinski definition) is 1. The Balaban J connectivity index is 1.41.